The molecule has 0 N–H and O–H groups in total. The summed E-state index contributed by atoms with van der Waals surface area (Å²) in [5, 5.41) is 0.293. The van der Waals surface area contributed by atoms with E-state index in [9.17, 15) is 8.78 Å². The van der Waals surface area contributed by atoms with Gasteiger partial charge in [-0.05, 0) is 24.3 Å². The first-order chi connectivity index (χ1) is 8.16. The van der Waals surface area contributed by atoms with Crippen molar-refractivity contribution in [2.75, 3.05) is 0 Å². The standard InChI is InChI=1S/C13H9ClF2O/c14-12-5-2-6-13(16)11(12)8-17-10-4-1-3-9(15)7-10/h1-7H,8H2. The lowest BCUT2D eigenvalue weighted by Crippen LogP contribution is -1.99. The van der Waals surface area contributed by atoms with Crippen LogP contribution in [-0.4, -0.2) is 0 Å². The molecule has 2 aromatic rings. The molecule has 0 fully saturated rings. The molecular formula is C13H9ClF2O. The zero-order valence-corrected chi connectivity index (χ0v) is 9.55. The van der Waals surface area contributed by atoms with E-state index in [-0.39, 0.29) is 12.2 Å². The maximum absolute atomic E-state index is 13.4. The quantitative estimate of drug-likeness (QED) is 0.798. The Morgan fingerprint density at radius 2 is 1.82 bits per heavy atom. The molecule has 1 nitrogen and oxygen atoms in total. The van der Waals surface area contributed by atoms with E-state index in [1.807, 2.05) is 0 Å². The molecule has 0 unspecified atom stereocenters. The molecule has 0 saturated heterocycles. The van der Waals surface area contributed by atoms with Crippen molar-refractivity contribution in [3.05, 3.63) is 64.7 Å². The molecule has 0 radical (unpaired) electrons. The summed E-state index contributed by atoms with van der Waals surface area (Å²) < 4.78 is 31.5. The van der Waals surface area contributed by atoms with E-state index in [0.717, 1.165) is 0 Å². The topological polar surface area (TPSA) is 9.23 Å². The Morgan fingerprint density at radius 1 is 1.06 bits per heavy atom. The molecule has 0 aliphatic rings. The third kappa shape index (κ3) is 2.94. The number of ether oxygens (including phenoxy) is 1. The highest BCUT2D eigenvalue weighted by Gasteiger charge is 2.07. The van der Waals surface area contributed by atoms with Crippen molar-refractivity contribution in [1.82, 2.24) is 0 Å². The summed E-state index contributed by atoms with van der Waals surface area (Å²) in [5.74, 6) is -0.500. The molecule has 0 aromatic heterocycles. The van der Waals surface area contributed by atoms with Gasteiger partial charge < -0.3 is 4.74 Å². The minimum absolute atomic E-state index is 0.0328. The van der Waals surface area contributed by atoms with Crippen molar-refractivity contribution in [3.63, 3.8) is 0 Å². The fourth-order valence-corrected chi connectivity index (χ4v) is 1.60. The summed E-state index contributed by atoms with van der Waals surface area (Å²) in [6, 6.07) is 10.1. The van der Waals surface area contributed by atoms with Gasteiger partial charge in [-0.2, -0.15) is 0 Å². The first-order valence-electron chi connectivity index (χ1n) is 4.98. The maximum Gasteiger partial charge on any atom is 0.131 e. The third-order valence-corrected chi connectivity index (χ3v) is 2.60. The van der Waals surface area contributed by atoms with E-state index >= 15 is 0 Å². The van der Waals surface area contributed by atoms with Gasteiger partial charge in [-0.25, -0.2) is 8.78 Å². The summed E-state index contributed by atoms with van der Waals surface area (Å²) in [6.07, 6.45) is 0. The molecule has 0 atom stereocenters. The molecule has 0 bridgehead atoms. The van der Waals surface area contributed by atoms with Crippen molar-refractivity contribution in [2.45, 2.75) is 6.61 Å². The Bertz CT molecular complexity index is 508. The molecule has 2 rings (SSSR count). The predicted octanol–water partition coefficient (Wildman–Crippen LogP) is 4.20. The van der Waals surface area contributed by atoms with Gasteiger partial charge in [0.1, 0.15) is 24.0 Å². The second kappa shape index (κ2) is 5.15. The highest BCUT2D eigenvalue weighted by molar-refractivity contribution is 6.31. The Morgan fingerprint density at radius 3 is 2.53 bits per heavy atom. The molecule has 0 amide bonds. The zero-order chi connectivity index (χ0) is 12.3. The number of halogens is 3. The van der Waals surface area contributed by atoms with E-state index in [2.05, 4.69) is 0 Å². The van der Waals surface area contributed by atoms with Crippen LogP contribution in [0.25, 0.3) is 0 Å². The third-order valence-electron chi connectivity index (χ3n) is 2.24. The molecule has 17 heavy (non-hydrogen) atoms. The van der Waals surface area contributed by atoms with E-state index < -0.39 is 11.6 Å². The van der Waals surface area contributed by atoms with Gasteiger partial charge in [0, 0.05) is 11.6 Å². The van der Waals surface area contributed by atoms with E-state index in [4.69, 9.17) is 16.3 Å². The lowest BCUT2D eigenvalue weighted by molar-refractivity contribution is 0.298. The fourth-order valence-electron chi connectivity index (χ4n) is 1.38. The molecule has 4 heteroatoms. The lowest BCUT2D eigenvalue weighted by Gasteiger charge is -2.08. The molecule has 0 saturated carbocycles. The van der Waals surface area contributed by atoms with Crippen LogP contribution in [0.3, 0.4) is 0 Å². The Kier molecular flexibility index (Phi) is 3.59. The first-order valence-corrected chi connectivity index (χ1v) is 5.36. The summed E-state index contributed by atoms with van der Waals surface area (Å²) in [6.45, 7) is -0.0328. The van der Waals surface area contributed by atoms with Crippen LogP contribution in [0, 0.1) is 11.6 Å². The van der Waals surface area contributed by atoms with E-state index in [0.29, 0.717) is 10.8 Å². The van der Waals surface area contributed by atoms with Crippen LogP contribution in [0.4, 0.5) is 8.78 Å². The van der Waals surface area contributed by atoms with Crippen molar-refractivity contribution >= 4 is 11.6 Å². The van der Waals surface area contributed by atoms with Crippen LogP contribution in [0.15, 0.2) is 42.5 Å². The van der Waals surface area contributed by atoms with Crippen molar-refractivity contribution in [1.29, 1.82) is 0 Å². The monoisotopic (exact) mass is 254 g/mol. The van der Waals surface area contributed by atoms with E-state index in [1.54, 1.807) is 12.1 Å². The number of rotatable bonds is 3. The average Bonchev–Trinajstić information content (AvgIpc) is 2.28. The molecule has 0 spiro atoms. The van der Waals surface area contributed by atoms with Gasteiger partial charge in [0.2, 0.25) is 0 Å². The van der Waals surface area contributed by atoms with Crippen LogP contribution in [-0.2, 0) is 6.61 Å². The molecule has 88 valence electrons. The molecular weight excluding hydrogens is 246 g/mol. The normalized spacial score (nSPS) is 10.3. The summed E-state index contributed by atoms with van der Waals surface area (Å²) in [5.41, 5.74) is 0.262. The van der Waals surface area contributed by atoms with Gasteiger partial charge in [-0.1, -0.05) is 23.7 Å². The van der Waals surface area contributed by atoms with Gasteiger partial charge in [0.05, 0.1) is 5.02 Å². The largest absolute Gasteiger partial charge is 0.489 e. The van der Waals surface area contributed by atoms with Crippen molar-refractivity contribution in [2.24, 2.45) is 0 Å². The minimum atomic E-state index is -0.436. The second-order valence-corrected chi connectivity index (χ2v) is 3.85. The summed E-state index contributed by atoms with van der Waals surface area (Å²) in [4.78, 5) is 0. The van der Waals surface area contributed by atoms with Crippen LogP contribution in [0.2, 0.25) is 5.02 Å². The van der Waals surface area contributed by atoms with Crippen LogP contribution < -0.4 is 4.74 Å². The highest BCUT2D eigenvalue weighted by atomic mass is 35.5. The van der Waals surface area contributed by atoms with Gasteiger partial charge in [0.15, 0.2) is 0 Å². The van der Waals surface area contributed by atoms with Gasteiger partial charge in [-0.3, -0.25) is 0 Å². The second-order valence-electron chi connectivity index (χ2n) is 3.45. The molecule has 0 aliphatic carbocycles. The first kappa shape index (κ1) is 11.9. The average molecular weight is 255 g/mol. The zero-order valence-electron chi connectivity index (χ0n) is 8.79. The van der Waals surface area contributed by atoms with Crippen LogP contribution in [0.1, 0.15) is 5.56 Å². The molecule has 0 heterocycles. The van der Waals surface area contributed by atoms with Crippen LogP contribution >= 0.6 is 11.6 Å². The lowest BCUT2D eigenvalue weighted by atomic mass is 10.2. The van der Waals surface area contributed by atoms with Gasteiger partial charge in [0.25, 0.3) is 0 Å². The Hall–Kier alpha value is -1.61. The maximum atomic E-state index is 13.4. The summed E-state index contributed by atoms with van der Waals surface area (Å²) in [7, 11) is 0. The number of hydrogen-bond donors (Lipinski definition) is 0. The molecule has 2 aromatic carbocycles. The number of benzene rings is 2. The minimum Gasteiger partial charge on any atom is -0.489 e. The predicted molar refractivity (Wildman–Crippen MR) is 62.1 cm³/mol. The van der Waals surface area contributed by atoms with Gasteiger partial charge in [-0.15, -0.1) is 0 Å². The van der Waals surface area contributed by atoms with Gasteiger partial charge >= 0.3 is 0 Å². The fraction of sp³-hybridized carbons (Fsp3) is 0.0769. The smallest absolute Gasteiger partial charge is 0.131 e. The Labute approximate surface area is 103 Å². The SMILES string of the molecule is Fc1cccc(OCc2c(F)cccc2Cl)c1. The van der Waals surface area contributed by atoms with E-state index in [1.165, 1.54) is 30.3 Å². The summed E-state index contributed by atoms with van der Waals surface area (Å²) >= 11 is 5.83. The molecule has 0 aliphatic heterocycles. The van der Waals surface area contributed by atoms with Crippen molar-refractivity contribution in [3.8, 4) is 5.75 Å². The van der Waals surface area contributed by atoms with Crippen LogP contribution in [0.5, 0.6) is 5.75 Å². The number of hydrogen-bond acceptors (Lipinski definition) is 1. The highest BCUT2D eigenvalue weighted by Crippen LogP contribution is 2.21. The van der Waals surface area contributed by atoms with Crippen molar-refractivity contribution < 1.29 is 13.5 Å². The Balaban J connectivity index is 2.13.